The Balaban J connectivity index is 1.35. The monoisotopic (exact) mass is 403 g/mol. The second-order valence-electron chi connectivity index (χ2n) is 8.34. The molecule has 6 rings (SSSR count). The molecule has 2 aromatic carbocycles. The molecule has 6 unspecified atom stereocenters. The maximum atomic E-state index is 13.3. The van der Waals surface area contributed by atoms with Crippen LogP contribution in [-0.2, 0) is 14.4 Å². The lowest BCUT2D eigenvalue weighted by Gasteiger charge is -2.29. The molecule has 0 N–H and O–H groups in total. The van der Waals surface area contributed by atoms with Crippen LogP contribution < -0.4 is 4.90 Å². The van der Waals surface area contributed by atoms with E-state index in [1.165, 1.54) is 17.0 Å². The van der Waals surface area contributed by atoms with E-state index in [0.29, 0.717) is 17.0 Å². The molecule has 8 heteroatoms. The van der Waals surface area contributed by atoms with Gasteiger partial charge in [-0.05, 0) is 24.5 Å². The Morgan fingerprint density at radius 2 is 1.70 bits per heavy atom. The van der Waals surface area contributed by atoms with Gasteiger partial charge in [0.15, 0.2) is 0 Å². The van der Waals surface area contributed by atoms with Crippen LogP contribution in [0, 0.1) is 39.7 Å². The van der Waals surface area contributed by atoms with Crippen LogP contribution >= 0.6 is 0 Å². The molecule has 0 radical (unpaired) electrons. The molecule has 2 bridgehead atoms. The highest BCUT2D eigenvalue weighted by Crippen LogP contribution is 2.62. The third-order valence-corrected chi connectivity index (χ3v) is 7.06. The van der Waals surface area contributed by atoms with Crippen molar-refractivity contribution in [3.05, 3.63) is 70.3 Å². The molecule has 0 aromatic heterocycles. The van der Waals surface area contributed by atoms with E-state index in [4.69, 9.17) is 4.84 Å². The van der Waals surface area contributed by atoms with Gasteiger partial charge in [0, 0.05) is 29.5 Å². The Morgan fingerprint density at radius 3 is 2.43 bits per heavy atom. The largest absolute Gasteiger partial charge is 0.391 e. The molecule has 2 aromatic rings. The van der Waals surface area contributed by atoms with E-state index >= 15 is 0 Å². The number of nitro benzene ring substituents is 1. The summed E-state index contributed by atoms with van der Waals surface area (Å²) in [6, 6.07) is 15.3. The summed E-state index contributed by atoms with van der Waals surface area (Å²) >= 11 is 0. The van der Waals surface area contributed by atoms with E-state index < -0.39 is 10.8 Å². The quantitative estimate of drug-likeness (QED) is 0.445. The van der Waals surface area contributed by atoms with Crippen molar-refractivity contribution in [2.45, 2.75) is 12.5 Å². The molecular weight excluding hydrogens is 386 g/mol. The zero-order valence-corrected chi connectivity index (χ0v) is 15.8. The van der Waals surface area contributed by atoms with Crippen molar-refractivity contribution < 1.29 is 19.3 Å². The average Bonchev–Trinajstić information content (AvgIpc) is 3.49. The van der Waals surface area contributed by atoms with Crippen molar-refractivity contribution in [3.63, 3.8) is 0 Å². The summed E-state index contributed by atoms with van der Waals surface area (Å²) in [6.07, 6.45) is 0.469. The number of oxime groups is 1. The molecular formula is C22H17N3O5. The summed E-state index contributed by atoms with van der Waals surface area (Å²) in [6.45, 7) is 0. The number of nitrogens with zero attached hydrogens (tertiary/aromatic N) is 3. The number of carbonyl (C=O) groups excluding carboxylic acids is 2. The number of para-hydroxylation sites is 1. The normalized spacial score (nSPS) is 33.3. The van der Waals surface area contributed by atoms with E-state index in [1.807, 2.05) is 18.2 Å². The second kappa shape index (κ2) is 5.98. The van der Waals surface area contributed by atoms with Gasteiger partial charge in [0.05, 0.1) is 28.2 Å². The third kappa shape index (κ3) is 2.13. The molecule has 2 aliphatic heterocycles. The van der Waals surface area contributed by atoms with E-state index in [9.17, 15) is 19.7 Å². The van der Waals surface area contributed by atoms with E-state index in [1.54, 1.807) is 24.3 Å². The number of amides is 2. The second-order valence-corrected chi connectivity index (χ2v) is 8.34. The maximum absolute atomic E-state index is 13.3. The van der Waals surface area contributed by atoms with Crippen molar-refractivity contribution >= 4 is 28.9 Å². The fourth-order valence-electron chi connectivity index (χ4n) is 5.97. The van der Waals surface area contributed by atoms with Crippen LogP contribution in [0.25, 0.3) is 0 Å². The van der Waals surface area contributed by atoms with Crippen molar-refractivity contribution in [1.29, 1.82) is 0 Å². The molecule has 150 valence electrons. The number of non-ortho nitro benzene ring substituents is 1. The summed E-state index contributed by atoms with van der Waals surface area (Å²) in [7, 11) is 0. The Hall–Kier alpha value is -3.55. The molecule has 2 aliphatic carbocycles. The Morgan fingerprint density at radius 1 is 0.967 bits per heavy atom. The Kier molecular flexibility index (Phi) is 3.45. The summed E-state index contributed by atoms with van der Waals surface area (Å²) in [5.41, 5.74) is 1.87. The number of hydrogen-bond acceptors (Lipinski definition) is 6. The van der Waals surface area contributed by atoms with Crippen LogP contribution in [0.2, 0.25) is 0 Å². The topological polar surface area (TPSA) is 102 Å². The zero-order chi connectivity index (χ0) is 20.6. The molecule has 2 saturated carbocycles. The first-order valence-electron chi connectivity index (χ1n) is 9.97. The summed E-state index contributed by atoms with van der Waals surface area (Å²) in [5, 5.41) is 15.4. The molecule has 4 aliphatic rings. The minimum Gasteiger partial charge on any atom is -0.391 e. The smallest absolute Gasteiger partial charge is 0.270 e. The van der Waals surface area contributed by atoms with Crippen molar-refractivity contribution in [3.8, 4) is 0 Å². The van der Waals surface area contributed by atoms with Crippen LogP contribution in [0.4, 0.5) is 11.4 Å². The molecule has 1 saturated heterocycles. The van der Waals surface area contributed by atoms with E-state index in [0.717, 1.165) is 6.42 Å². The lowest BCUT2D eigenvalue weighted by Crippen LogP contribution is -2.41. The highest BCUT2D eigenvalue weighted by Gasteiger charge is 2.70. The number of anilines is 1. The van der Waals surface area contributed by atoms with Crippen LogP contribution in [-0.4, -0.2) is 28.6 Å². The predicted molar refractivity (Wildman–Crippen MR) is 106 cm³/mol. The van der Waals surface area contributed by atoms with Gasteiger partial charge in [-0.2, -0.15) is 0 Å². The standard InChI is InChI=1S/C22H17N3O5/c26-21-16-14-10-15(17(16)22(27)24(21)12-6-2-1-3-7-12)20-18(14)19(23-30-20)11-5-4-8-13(9-11)25(28)29/h1-9,14-18,20H,10H2. The first-order chi connectivity index (χ1) is 14.6. The van der Waals surface area contributed by atoms with E-state index in [-0.39, 0.29) is 47.3 Å². The van der Waals surface area contributed by atoms with Gasteiger partial charge in [-0.3, -0.25) is 24.6 Å². The zero-order valence-electron chi connectivity index (χ0n) is 15.8. The predicted octanol–water partition coefficient (Wildman–Crippen LogP) is 2.77. The third-order valence-electron chi connectivity index (χ3n) is 7.06. The lowest BCUT2D eigenvalue weighted by atomic mass is 9.71. The van der Waals surface area contributed by atoms with Crippen LogP contribution in [0.5, 0.6) is 0 Å². The number of fused-ring (bicyclic) bond motifs is 8. The highest BCUT2D eigenvalue weighted by molar-refractivity contribution is 6.23. The van der Waals surface area contributed by atoms with Crippen LogP contribution in [0.3, 0.4) is 0 Å². The number of hydrogen-bond donors (Lipinski definition) is 0. The average molecular weight is 403 g/mol. The molecule has 3 fully saturated rings. The van der Waals surface area contributed by atoms with Crippen LogP contribution in [0.15, 0.2) is 59.8 Å². The van der Waals surface area contributed by atoms with Gasteiger partial charge >= 0.3 is 0 Å². The van der Waals surface area contributed by atoms with E-state index in [2.05, 4.69) is 5.16 Å². The van der Waals surface area contributed by atoms with Crippen molar-refractivity contribution in [2.75, 3.05) is 4.90 Å². The summed E-state index contributed by atoms with van der Waals surface area (Å²) in [4.78, 5) is 44.3. The summed E-state index contributed by atoms with van der Waals surface area (Å²) in [5.74, 6) is -1.36. The Labute approximate surface area is 171 Å². The molecule has 8 nitrogen and oxygen atoms in total. The highest BCUT2D eigenvalue weighted by atomic mass is 16.6. The fourth-order valence-corrected chi connectivity index (χ4v) is 5.97. The fraction of sp³-hybridized carbons (Fsp3) is 0.318. The molecule has 2 amide bonds. The van der Waals surface area contributed by atoms with Gasteiger partial charge in [0.2, 0.25) is 11.8 Å². The van der Waals surface area contributed by atoms with Gasteiger partial charge in [-0.15, -0.1) is 0 Å². The minimum absolute atomic E-state index is 0.0120. The number of imide groups is 1. The summed E-state index contributed by atoms with van der Waals surface area (Å²) < 4.78 is 0. The number of carbonyl (C=O) groups is 2. The lowest BCUT2D eigenvalue weighted by molar-refractivity contribution is -0.384. The molecule has 0 spiro atoms. The van der Waals surface area contributed by atoms with Gasteiger partial charge in [0.25, 0.3) is 5.69 Å². The van der Waals surface area contributed by atoms with Gasteiger partial charge in [-0.1, -0.05) is 35.5 Å². The van der Waals surface area contributed by atoms with Crippen molar-refractivity contribution in [1.82, 2.24) is 0 Å². The van der Waals surface area contributed by atoms with Crippen LogP contribution in [0.1, 0.15) is 12.0 Å². The minimum atomic E-state index is -0.439. The SMILES string of the molecule is O=C1C2C3CC(C4C(c5cccc([N+](=O)[O-])c5)=NOC34)C2C(=O)N1c1ccccc1. The van der Waals surface area contributed by atoms with Gasteiger partial charge < -0.3 is 4.84 Å². The number of rotatable bonds is 3. The molecule has 2 heterocycles. The maximum Gasteiger partial charge on any atom is 0.270 e. The molecule has 6 atom stereocenters. The first-order valence-corrected chi connectivity index (χ1v) is 9.97. The number of benzene rings is 2. The van der Waals surface area contributed by atoms with Gasteiger partial charge in [-0.25, -0.2) is 0 Å². The number of nitro groups is 1. The first kappa shape index (κ1) is 17.3. The van der Waals surface area contributed by atoms with Gasteiger partial charge in [0.1, 0.15) is 6.10 Å². The Bertz CT molecular complexity index is 1130. The molecule has 30 heavy (non-hydrogen) atoms. The van der Waals surface area contributed by atoms with Crippen molar-refractivity contribution in [2.24, 2.45) is 34.7 Å².